The number of carboxylic acid groups (broad SMARTS) is 1. The molecule has 0 radical (unpaired) electrons. The van der Waals surface area contributed by atoms with Gasteiger partial charge in [0.1, 0.15) is 5.75 Å². The Morgan fingerprint density at radius 3 is 2.57 bits per heavy atom. The molecule has 0 spiro atoms. The zero-order chi connectivity index (χ0) is 32.8. The topological polar surface area (TPSA) is 173 Å². The van der Waals surface area contributed by atoms with E-state index in [1.54, 1.807) is 30.3 Å². The van der Waals surface area contributed by atoms with Crippen LogP contribution in [0.5, 0.6) is 17.2 Å². The number of carbonyl (C=O) groups is 1. The van der Waals surface area contributed by atoms with Gasteiger partial charge in [0.25, 0.3) is 0 Å². The van der Waals surface area contributed by atoms with Gasteiger partial charge in [-0.2, -0.15) is 4.31 Å². The number of aliphatic hydroxyl groups excluding tert-OH is 2. The molecule has 0 bridgehead atoms. The summed E-state index contributed by atoms with van der Waals surface area (Å²) in [6, 6.07) is 9.38. The van der Waals surface area contributed by atoms with Crippen molar-refractivity contribution in [3.63, 3.8) is 0 Å². The SMILES string of the molecule is CC(C)CN(C([C@H](O)[C@H](Cc1ccc(OCCCCO)cc1)NC(=O)O)[C@@H]1CO[C@H]2OCC[C@H]21)S(=O)(=O)c1ccc2c(c1)OCO2. The lowest BCUT2D eigenvalue weighted by Gasteiger charge is -2.42. The van der Waals surface area contributed by atoms with Crippen LogP contribution in [0.3, 0.4) is 0 Å². The summed E-state index contributed by atoms with van der Waals surface area (Å²) in [5, 5.41) is 33.5. The maximum absolute atomic E-state index is 14.5. The zero-order valence-corrected chi connectivity index (χ0v) is 26.9. The van der Waals surface area contributed by atoms with E-state index in [1.807, 2.05) is 13.8 Å². The summed E-state index contributed by atoms with van der Waals surface area (Å²) in [7, 11) is -4.25. The Balaban J connectivity index is 1.48. The Kier molecular flexibility index (Phi) is 11.3. The van der Waals surface area contributed by atoms with E-state index < -0.39 is 46.5 Å². The minimum Gasteiger partial charge on any atom is -0.494 e. The van der Waals surface area contributed by atoms with Crippen LogP contribution in [0, 0.1) is 17.8 Å². The highest BCUT2D eigenvalue weighted by Crippen LogP contribution is 2.42. The molecule has 46 heavy (non-hydrogen) atoms. The minimum atomic E-state index is -4.25. The van der Waals surface area contributed by atoms with Gasteiger partial charge in [-0.25, -0.2) is 13.2 Å². The fraction of sp³-hybridized carbons (Fsp3) is 0.594. The Hall–Kier alpha value is -3.14. The number of ether oxygens (including phenoxy) is 5. The molecule has 3 heterocycles. The minimum absolute atomic E-state index is 0.0162. The molecule has 3 aliphatic heterocycles. The first-order valence-corrected chi connectivity index (χ1v) is 17.2. The molecule has 1 amide bonds. The largest absolute Gasteiger partial charge is 0.494 e. The number of nitrogens with one attached hydrogen (secondary N) is 1. The maximum Gasteiger partial charge on any atom is 0.404 e. The summed E-state index contributed by atoms with van der Waals surface area (Å²) < 4.78 is 58.6. The number of amides is 1. The van der Waals surface area contributed by atoms with Crippen LogP contribution in [0.1, 0.15) is 38.7 Å². The van der Waals surface area contributed by atoms with Crippen LogP contribution in [-0.2, 0) is 25.9 Å². The number of unbranched alkanes of at least 4 members (excludes halogenated alkanes) is 1. The monoisotopic (exact) mass is 664 g/mol. The molecule has 2 fully saturated rings. The molecular weight excluding hydrogens is 620 g/mol. The average Bonchev–Trinajstić information content (AvgIpc) is 3.77. The van der Waals surface area contributed by atoms with Crippen LogP contribution in [0.25, 0.3) is 0 Å². The van der Waals surface area contributed by atoms with Crippen LogP contribution < -0.4 is 19.5 Å². The van der Waals surface area contributed by atoms with E-state index in [2.05, 4.69) is 5.32 Å². The van der Waals surface area contributed by atoms with E-state index >= 15 is 0 Å². The maximum atomic E-state index is 14.5. The van der Waals surface area contributed by atoms with E-state index in [9.17, 15) is 23.4 Å². The van der Waals surface area contributed by atoms with Crippen molar-refractivity contribution < 1.29 is 52.2 Å². The van der Waals surface area contributed by atoms with E-state index in [0.717, 1.165) is 5.56 Å². The van der Waals surface area contributed by atoms with Gasteiger partial charge in [0.2, 0.25) is 16.8 Å². The third-order valence-electron chi connectivity index (χ3n) is 8.62. The highest BCUT2D eigenvalue weighted by molar-refractivity contribution is 7.89. The predicted molar refractivity (Wildman–Crippen MR) is 165 cm³/mol. The average molecular weight is 665 g/mol. The first-order valence-electron chi connectivity index (χ1n) is 15.7. The third kappa shape index (κ3) is 7.86. The summed E-state index contributed by atoms with van der Waals surface area (Å²) >= 11 is 0. The van der Waals surface area contributed by atoms with Crippen molar-refractivity contribution in [2.75, 3.05) is 39.8 Å². The number of hydrogen-bond acceptors (Lipinski definition) is 10. The molecule has 2 aromatic rings. The molecule has 0 aliphatic carbocycles. The first kappa shape index (κ1) is 34.2. The van der Waals surface area contributed by atoms with Gasteiger partial charge in [0.15, 0.2) is 17.8 Å². The standard InChI is InChI=1S/C32H44N2O11S/c1-20(2)17-34(46(39,40)23-9-10-27-28(16-23)45-19-44-27)29(25-18-43-31-24(25)11-14-42-31)30(36)26(33-32(37)38)15-21-5-7-22(8-6-21)41-13-4-3-12-35/h5-10,16,20,24-26,29-31,33,35-36H,3-4,11-15,17-19H2,1-2H3,(H,37,38)/t24-,25+,26-,29?,30+,31+/m0/s1. The zero-order valence-electron chi connectivity index (χ0n) is 26.1. The Bertz CT molecular complexity index is 1420. The van der Waals surface area contributed by atoms with Crippen molar-refractivity contribution in [1.82, 2.24) is 9.62 Å². The van der Waals surface area contributed by atoms with Crippen molar-refractivity contribution in [3.05, 3.63) is 48.0 Å². The van der Waals surface area contributed by atoms with Crippen LogP contribution >= 0.6 is 0 Å². The Morgan fingerprint density at radius 2 is 1.85 bits per heavy atom. The van der Waals surface area contributed by atoms with E-state index in [4.69, 9.17) is 28.8 Å². The lowest BCUT2D eigenvalue weighted by atomic mass is 9.81. The highest BCUT2D eigenvalue weighted by atomic mass is 32.2. The van der Waals surface area contributed by atoms with Gasteiger partial charge in [-0.15, -0.1) is 0 Å². The predicted octanol–water partition coefficient (Wildman–Crippen LogP) is 2.83. The molecule has 2 aromatic carbocycles. The number of benzene rings is 2. The van der Waals surface area contributed by atoms with Crippen molar-refractivity contribution in [1.29, 1.82) is 0 Å². The number of nitrogens with zero attached hydrogens (tertiary/aromatic N) is 1. The van der Waals surface area contributed by atoms with E-state index in [-0.39, 0.29) is 49.7 Å². The molecule has 13 nitrogen and oxygen atoms in total. The van der Waals surface area contributed by atoms with Crippen molar-refractivity contribution in [3.8, 4) is 17.2 Å². The normalized spacial score (nSPS) is 22.5. The van der Waals surface area contributed by atoms with Crippen molar-refractivity contribution >= 4 is 16.1 Å². The second kappa shape index (κ2) is 15.2. The molecular formula is C32H44N2O11S. The van der Waals surface area contributed by atoms with E-state index in [1.165, 1.54) is 16.4 Å². The number of aliphatic hydroxyl groups is 2. The summed E-state index contributed by atoms with van der Waals surface area (Å²) in [5.41, 5.74) is 0.720. The fourth-order valence-electron chi connectivity index (χ4n) is 6.43. The number of fused-ring (bicyclic) bond motifs is 2. The second-order valence-electron chi connectivity index (χ2n) is 12.3. The number of hydrogen-bond donors (Lipinski definition) is 4. The second-order valence-corrected chi connectivity index (χ2v) is 14.2. The Morgan fingerprint density at radius 1 is 1.09 bits per heavy atom. The summed E-state index contributed by atoms with van der Waals surface area (Å²) in [6.45, 7) is 4.95. The van der Waals surface area contributed by atoms with E-state index in [0.29, 0.717) is 49.7 Å². The number of sulfonamides is 1. The summed E-state index contributed by atoms with van der Waals surface area (Å²) in [4.78, 5) is 12.0. The van der Waals surface area contributed by atoms with Gasteiger partial charge in [-0.05, 0) is 61.4 Å². The molecule has 5 rings (SSSR count). The molecule has 14 heteroatoms. The Labute approximate surface area is 269 Å². The first-order chi connectivity index (χ1) is 22.1. The van der Waals surface area contributed by atoms with Gasteiger partial charge in [0.05, 0.1) is 42.9 Å². The number of rotatable bonds is 16. The smallest absolute Gasteiger partial charge is 0.404 e. The third-order valence-corrected chi connectivity index (χ3v) is 10.5. The molecule has 3 aliphatic rings. The van der Waals surface area contributed by atoms with Gasteiger partial charge < -0.3 is 44.3 Å². The molecule has 1 unspecified atom stereocenters. The molecule has 4 N–H and O–H groups in total. The van der Waals surface area contributed by atoms with Crippen molar-refractivity contribution in [2.24, 2.45) is 17.8 Å². The van der Waals surface area contributed by atoms with Crippen LogP contribution in [0.4, 0.5) is 4.79 Å². The quantitative estimate of drug-likeness (QED) is 0.194. The lowest BCUT2D eigenvalue weighted by Crippen LogP contribution is -2.60. The molecule has 254 valence electrons. The van der Waals surface area contributed by atoms with Gasteiger partial charge in [-0.3, -0.25) is 0 Å². The van der Waals surface area contributed by atoms with Crippen molar-refractivity contribution in [2.45, 2.75) is 68.9 Å². The summed E-state index contributed by atoms with van der Waals surface area (Å²) in [6.07, 6.45) is -1.27. The highest BCUT2D eigenvalue weighted by Gasteiger charge is 2.52. The lowest BCUT2D eigenvalue weighted by molar-refractivity contribution is -0.0907. The molecule has 6 atom stereocenters. The fourth-order valence-corrected chi connectivity index (χ4v) is 8.29. The molecule has 0 saturated carbocycles. The van der Waals surface area contributed by atoms with Crippen LogP contribution in [0.15, 0.2) is 47.4 Å². The van der Waals surface area contributed by atoms with Crippen LogP contribution in [-0.4, -0.2) is 98.4 Å². The van der Waals surface area contributed by atoms with Gasteiger partial charge >= 0.3 is 6.09 Å². The molecule has 2 saturated heterocycles. The van der Waals surface area contributed by atoms with Crippen LogP contribution in [0.2, 0.25) is 0 Å². The van der Waals surface area contributed by atoms with Gasteiger partial charge in [0, 0.05) is 31.1 Å². The molecule has 0 aromatic heterocycles. The van der Waals surface area contributed by atoms with Gasteiger partial charge in [-0.1, -0.05) is 26.0 Å². The summed E-state index contributed by atoms with van der Waals surface area (Å²) in [5.74, 6) is 0.575.